The lowest BCUT2D eigenvalue weighted by Crippen LogP contribution is -2.59. The van der Waals surface area contributed by atoms with Crippen LogP contribution in [0.2, 0.25) is 0 Å². The zero-order valence-electron chi connectivity index (χ0n) is 8.42. The maximum atomic E-state index is 10.8. The van der Waals surface area contributed by atoms with Gasteiger partial charge in [-0.05, 0) is 0 Å². The summed E-state index contributed by atoms with van der Waals surface area (Å²) in [4.78, 5) is 0. The van der Waals surface area contributed by atoms with E-state index in [1.54, 1.807) is 0 Å². The van der Waals surface area contributed by atoms with Crippen molar-refractivity contribution in [2.75, 3.05) is 12.9 Å². The largest absolute Gasteiger partial charge is 0.394 e. The Bertz CT molecular complexity index is 327. The molecule has 0 unspecified atom stereocenters. The lowest BCUT2D eigenvalue weighted by atomic mass is 9.99. The molecule has 0 bridgehead atoms. The van der Waals surface area contributed by atoms with Gasteiger partial charge in [-0.1, -0.05) is 0 Å². The number of ether oxygens (including phenoxy) is 1. The molecule has 1 rings (SSSR count). The highest BCUT2D eigenvalue weighted by Gasteiger charge is 2.45. The summed E-state index contributed by atoms with van der Waals surface area (Å²) in [7, 11) is -3.91. The second-order valence-electron chi connectivity index (χ2n) is 3.49. The van der Waals surface area contributed by atoms with Gasteiger partial charge >= 0.3 is 0 Å². The van der Waals surface area contributed by atoms with Gasteiger partial charge < -0.3 is 25.2 Å². The van der Waals surface area contributed by atoms with Crippen LogP contribution >= 0.6 is 0 Å². The van der Waals surface area contributed by atoms with E-state index in [9.17, 15) is 23.7 Å². The summed E-state index contributed by atoms with van der Waals surface area (Å²) in [5, 5.41) is 37.0. The van der Waals surface area contributed by atoms with Crippen molar-refractivity contribution in [3.05, 3.63) is 0 Å². The maximum Gasteiger partial charge on any atom is 0.264 e. The molecule has 0 saturated carbocycles. The molecule has 0 spiro atoms. The van der Waals surface area contributed by atoms with E-state index in [0.29, 0.717) is 0 Å². The molecule has 1 heterocycles. The van der Waals surface area contributed by atoms with Crippen LogP contribution in [0.3, 0.4) is 0 Å². The van der Waals surface area contributed by atoms with E-state index < -0.39 is 47.4 Å². The average Bonchev–Trinajstić information content (AvgIpc) is 2.17. The summed E-state index contributed by atoms with van der Waals surface area (Å²) in [5.74, 6) is 0. The minimum atomic E-state index is -3.91. The summed E-state index contributed by atoms with van der Waals surface area (Å²) >= 11 is 0. The third-order valence-corrected chi connectivity index (χ3v) is 2.70. The highest BCUT2D eigenvalue weighted by molar-refractivity contribution is 7.86. The third kappa shape index (κ3) is 3.10. The second kappa shape index (κ2) is 4.92. The summed E-state index contributed by atoms with van der Waals surface area (Å²) in [6.07, 6.45) is -7.03. The lowest BCUT2D eigenvalue weighted by Gasteiger charge is -2.38. The highest BCUT2D eigenvalue weighted by atomic mass is 32.2. The fraction of sp³-hybridized carbons (Fsp3) is 1.00. The number of hydrogen-bond acceptors (Lipinski definition) is 8. The molecule has 4 N–H and O–H groups in total. The minimum absolute atomic E-state index is 0.624. The quantitative estimate of drug-likeness (QED) is 0.388. The number of aliphatic hydroxyl groups is 4. The van der Waals surface area contributed by atoms with Crippen molar-refractivity contribution in [2.45, 2.75) is 30.7 Å². The van der Waals surface area contributed by atoms with Crippen LogP contribution in [0.5, 0.6) is 0 Å². The van der Waals surface area contributed by atoms with E-state index >= 15 is 0 Å². The molecule has 16 heavy (non-hydrogen) atoms. The average molecular weight is 258 g/mol. The summed E-state index contributed by atoms with van der Waals surface area (Å²) in [5.41, 5.74) is 0. The van der Waals surface area contributed by atoms with Gasteiger partial charge in [-0.2, -0.15) is 8.42 Å². The minimum Gasteiger partial charge on any atom is -0.394 e. The van der Waals surface area contributed by atoms with E-state index in [2.05, 4.69) is 8.92 Å². The van der Waals surface area contributed by atoms with E-state index in [4.69, 9.17) is 5.11 Å². The standard InChI is InChI=1S/C7H14O8S/c1-16(12,13)15-6-5(10)4(9)3(2-8)14-7(6)11/h3-11H,2H2,1H3/t3-,4-,5+,6-,7+/m1/s1. The molecule has 9 heteroatoms. The van der Waals surface area contributed by atoms with Crippen molar-refractivity contribution in [3.8, 4) is 0 Å². The monoisotopic (exact) mass is 258 g/mol. The predicted octanol–water partition coefficient (Wildman–Crippen LogP) is -3.24. The normalized spacial score (nSPS) is 40.9. The molecule has 0 amide bonds. The fourth-order valence-electron chi connectivity index (χ4n) is 1.38. The van der Waals surface area contributed by atoms with Gasteiger partial charge in [0, 0.05) is 0 Å². The molecule has 0 aromatic heterocycles. The van der Waals surface area contributed by atoms with Crippen LogP contribution in [-0.4, -0.2) is 72.4 Å². The summed E-state index contributed by atoms with van der Waals surface area (Å²) in [6.45, 7) is -0.624. The van der Waals surface area contributed by atoms with E-state index in [-0.39, 0.29) is 0 Å². The van der Waals surface area contributed by atoms with Crippen molar-refractivity contribution >= 4 is 10.1 Å². The number of hydrogen-bond donors (Lipinski definition) is 4. The van der Waals surface area contributed by atoms with Crippen LogP contribution in [0.25, 0.3) is 0 Å². The van der Waals surface area contributed by atoms with Gasteiger partial charge in [0.15, 0.2) is 12.4 Å². The van der Waals surface area contributed by atoms with Gasteiger partial charge in [0.05, 0.1) is 12.9 Å². The Labute approximate surface area is 92.2 Å². The van der Waals surface area contributed by atoms with E-state index in [1.807, 2.05) is 0 Å². The Morgan fingerprint density at radius 2 is 1.81 bits per heavy atom. The number of aliphatic hydroxyl groups excluding tert-OH is 4. The molecule has 1 aliphatic rings. The molecule has 0 aromatic carbocycles. The van der Waals surface area contributed by atoms with Gasteiger partial charge in [-0.3, -0.25) is 4.18 Å². The van der Waals surface area contributed by atoms with Crippen LogP contribution in [0.15, 0.2) is 0 Å². The van der Waals surface area contributed by atoms with Crippen LogP contribution < -0.4 is 0 Å². The molecule has 0 aliphatic carbocycles. The first-order chi connectivity index (χ1) is 7.26. The molecule has 1 aliphatic heterocycles. The molecule has 8 nitrogen and oxygen atoms in total. The zero-order valence-corrected chi connectivity index (χ0v) is 9.24. The Morgan fingerprint density at radius 3 is 2.25 bits per heavy atom. The Kier molecular flexibility index (Phi) is 4.23. The summed E-state index contributed by atoms with van der Waals surface area (Å²) < 4.78 is 30.7. The molecule has 1 saturated heterocycles. The molecular formula is C7H14O8S. The van der Waals surface area contributed by atoms with Crippen LogP contribution in [0.1, 0.15) is 0 Å². The van der Waals surface area contributed by atoms with Crippen LogP contribution in [-0.2, 0) is 19.0 Å². The first kappa shape index (κ1) is 13.8. The zero-order chi connectivity index (χ0) is 12.5. The summed E-state index contributed by atoms with van der Waals surface area (Å²) in [6, 6.07) is 0. The Hall–Kier alpha value is -0.290. The topological polar surface area (TPSA) is 134 Å². The van der Waals surface area contributed by atoms with Crippen molar-refractivity contribution in [3.63, 3.8) is 0 Å². The SMILES string of the molecule is CS(=O)(=O)O[C@@H]1[C@@H](O)[C@H](O)[C@@H](CO)O[C@@H]1O. The first-order valence-corrected chi connectivity index (χ1v) is 6.26. The van der Waals surface area contributed by atoms with E-state index in [0.717, 1.165) is 6.26 Å². The van der Waals surface area contributed by atoms with E-state index in [1.165, 1.54) is 0 Å². The molecule has 0 radical (unpaired) electrons. The van der Waals surface area contributed by atoms with Gasteiger partial charge in [-0.25, -0.2) is 0 Å². The number of rotatable bonds is 3. The molecule has 1 fully saturated rings. The lowest BCUT2D eigenvalue weighted by molar-refractivity contribution is -0.279. The van der Waals surface area contributed by atoms with Gasteiger partial charge in [-0.15, -0.1) is 0 Å². The maximum absolute atomic E-state index is 10.8. The highest BCUT2D eigenvalue weighted by Crippen LogP contribution is 2.23. The fourth-order valence-corrected chi connectivity index (χ4v) is 1.99. The smallest absolute Gasteiger partial charge is 0.264 e. The van der Waals surface area contributed by atoms with Crippen molar-refractivity contribution in [1.82, 2.24) is 0 Å². The third-order valence-electron chi connectivity index (χ3n) is 2.13. The van der Waals surface area contributed by atoms with Crippen molar-refractivity contribution < 1.29 is 37.8 Å². The van der Waals surface area contributed by atoms with Crippen molar-refractivity contribution in [2.24, 2.45) is 0 Å². The predicted molar refractivity (Wildman–Crippen MR) is 49.7 cm³/mol. The van der Waals surface area contributed by atoms with Crippen molar-refractivity contribution in [1.29, 1.82) is 0 Å². The van der Waals surface area contributed by atoms with Crippen LogP contribution in [0, 0.1) is 0 Å². The van der Waals surface area contributed by atoms with Gasteiger partial charge in [0.25, 0.3) is 10.1 Å². The second-order valence-corrected chi connectivity index (χ2v) is 5.09. The van der Waals surface area contributed by atoms with Gasteiger partial charge in [0.2, 0.25) is 0 Å². The Balaban J connectivity index is 2.80. The molecular weight excluding hydrogens is 244 g/mol. The molecule has 96 valence electrons. The molecule has 0 aromatic rings. The van der Waals surface area contributed by atoms with Gasteiger partial charge in [0.1, 0.15) is 18.3 Å². The molecule has 5 atom stereocenters. The first-order valence-electron chi connectivity index (χ1n) is 4.45. The Morgan fingerprint density at radius 1 is 1.25 bits per heavy atom. The van der Waals surface area contributed by atoms with Crippen LogP contribution in [0.4, 0.5) is 0 Å².